The molecule has 0 amide bonds. The Hall–Kier alpha value is -1.46. The molecular formula is C30H49N4+. The second-order valence-electron chi connectivity index (χ2n) is 11.2. The summed E-state index contributed by atoms with van der Waals surface area (Å²) in [6.45, 7) is 9.16. The van der Waals surface area contributed by atoms with E-state index in [-0.39, 0.29) is 0 Å². The maximum atomic E-state index is 5.68. The number of aryl methyl sites for hydroxylation is 1. The van der Waals surface area contributed by atoms with E-state index < -0.39 is 0 Å². The zero-order valence-electron chi connectivity index (χ0n) is 22.5. The molecule has 3 atom stereocenters. The molecule has 0 fully saturated rings. The summed E-state index contributed by atoms with van der Waals surface area (Å²) >= 11 is 0. The summed E-state index contributed by atoms with van der Waals surface area (Å²) in [5.74, 6) is 6.38. The SMILES string of the molecule is CCCC1=C(c2cc3c(cc2C)C2=C(CC[C@@H](NC)CC2)[N+]3(C)CC)CCCC(CNN)CC1. The highest BCUT2D eigenvalue weighted by Crippen LogP contribution is 2.51. The van der Waals surface area contributed by atoms with Gasteiger partial charge in [0.15, 0.2) is 0 Å². The third-order valence-corrected chi connectivity index (χ3v) is 9.26. The minimum Gasteiger partial charge on any atom is -0.317 e. The number of hydrazine groups is 1. The smallest absolute Gasteiger partial charge is 0.145 e. The van der Waals surface area contributed by atoms with Gasteiger partial charge in [-0.25, -0.2) is 0 Å². The second kappa shape index (κ2) is 11.1. The maximum Gasteiger partial charge on any atom is 0.145 e. The second-order valence-corrected chi connectivity index (χ2v) is 11.2. The number of benzene rings is 1. The normalized spacial score (nSPS) is 27.8. The zero-order chi connectivity index (χ0) is 24.3. The van der Waals surface area contributed by atoms with Crippen LogP contribution in [-0.4, -0.2) is 33.2 Å². The van der Waals surface area contributed by atoms with Gasteiger partial charge in [-0.3, -0.25) is 15.8 Å². The summed E-state index contributed by atoms with van der Waals surface area (Å²) < 4.78 is 1.01. The summed E-state index contributed by atoms with van der Waals surface area (Å²) in [5, 5.41) is 3.55. The van der Waals surface area contributed by atoms with Gasteiger partial charge >= 0.3 is 0 Å². The van der Waals surface area contributed by atoms with E-state index in [9.17, 15) is 0 Å². The first-order valence-electron chi connectivity index (χ1n) is 14.0. The number of nitrogens with zero attached hydrogens (tertiary/aromatic N) is 1. The Morgan fingerprint density at radius 3 is 2.47 bits per heavy atom. The number of hydrogen-bond donors (Lipinski definition) is 3. The molecule has 4 rings (SSSR count). The Morgan fingerprint density at radius 1 is 0.971 bits per heavy atom. The molecule has 0 aromatic heterocycles. The van der Waals surface area contributed by atoms with Crippen molar-refractivity contribution in [3.8, 4) is 0 Å². The highest BCUT2D eigenvalue weighted by Gasteiger charge is 2.43. The molecule has 4 N–H and O–H groups in total. The van der Waals surface area contributed by atoms with Crippen LogP contribution in [0.3, 0.4) is 0 Å². The van der Waals surface area contributed by atoms with E-state index in [1.165, 1.54) is 76.2 Å². The van der Waals surface area contributed by atoms with Gasteiger partial charge in [-0.2, -0.15) is 0 Å². The van der Waals surface area contributed by atoms with Crippen molar-refractivity contribution in [3.05, 3.63) is 40.1 Å². The third-order valence-electron chi connectivity index (χ3n) is 9.26. The number of rotatable bonds is 7. The average Bonchev–Trinajstić information content (AvgIpc) is 2.95. The fourth-order valence-corrected chi connectivity index (χ4v) is 7.06. The van der Waals surface area contributed by atoms with Crippen molar-refractivity contribution >= 4 is 16.8 Å². The molecule has 4 nitrogen and oxygen atoms in total. The van der Waals surface area contributed by atoms with Crippen LogP contribution in [0.25, 0.3) is 11.1 Å². The Labute approximate surface area is 208 Å². The van der Waals surface area contributed by atoms with Gasteiger partial charge in [-0.1, -0.05) is 18.9 Å². The molecule has 1 aromatic carbocycles. The van der Waals surface area contributed by atoms with Crippen molar-refractivity contribution in [3.63, 3.8) is 0 Å². The quantitative estimate of drug-likeness (QED) is 0.247. The number of quaternary nitrogens is 1. The summed E-state index contributed by atoms with van der Waals surface area (Å²) in [6, 6.07) is 5.84. The minimum absolute atomic E-state index is 0.648. The molecule has 2 unspecified atom stereocenters. The Bertz CT molecular complexity index is 943. The van der Waals surface area contributed by atoms with E-state index in [0.29, 0.717) is 12.0 Å². The summed E-state index contributed by atoms with van der Waals surface area (Å²) in [4.78, 5) is 0. The Balaban J connectivity index is 1.76. The van der Waals surface area contributed by atoms with E-state index in [2.05, 4.69) is 57.7 Å². The molecule has 188 valence electrons. The van der Waals surface area contributed by atoms with Gasteiger partial charge in [-0.05, 0) is 107 Å². The number of fused-ring (bicyclic) bond motifs is 2. The molecule has 3 aliphatic rings. The predicted molar refractivity (Wildman–Crippen MR) is 148 cm³/mol. The molecule has 1 aliphatic heterocycles. The monoisotopic (exact) mass is 465 g/mol. The number of nitrogens with one attached hydrogen (secondary N) is 2. The first kappa shape index (κ1) is 25.6. The van der Waals surface area contributed by atoms with Crippen molar-refractivity contribution in [2.24, 2.45) is 11.8 Å². The van der Waals surface area contributed by atoms with Crippen molar-refractivity contribution in [2.45, 2.75) is 97.4 Å². The molecule has 1 aromatic rings. The number of allylic oxidation sites excluding steroid dienone is 4. The largest absolute Gasteiger partial charge is 0.317 e. The van der Waals surface area contributed by atoms with Gasteiger partial charge < -0.3 is 5.32 Å². The van der Waals surface area contributed by atoms with Gasteiger partial charge in [0.1, 0.15) is 11.4 Å². The van der Waals surface area contributed by atoms with E-state index in [1.54, 1.807) is 39.2 Å². The minimum atomic E-state index is 0.648. The van der Waals surface area contributed by atoms with Crippen molar-refractivity contribution in [1.29, 1.82) is 0 Å². The van der Waals surface area contributed by atoms with Gasteiger partial charge in [0.05, 0.1) is 13.6 Å². The maximum absolute atomic E-state index is 5.68. The molecule has 0 radical (unpaired) electrons. The van der Waals surface area contributed by atoms with E-state index in [0.717, 1.165) is 17.6 Å². The van der Waals surface area contributed by atoms with Crippen LogP contribution in [0.15, 0.2) is 23.4 Å². The summed E-state index contributed by atoms with van der Waals surface area (Å²) in [5.41, 5.74) is 15.8. The number of hydrogen-bond acceptors (Lipinski definition) is 3. The van der Waals surface area contributed by atoms with Crippen LogP contribution in [0.1, 0.15) is 101 Å². The number of nitrogens with two attached hydrogens (primary N) is 1. The van der Waals surface area contributed by atoms with Crippen LogP contribution < -0.4 is 21.1 Å². The lowest BCUT2D eigenvalue weighted by molar-refractivity contribution is 0.405. The first-order chi connectivity index (χ1) is 16.5. The first-order valence-corrected chi connectivity index (χ1v) is 14.0. The van der Waals surface area contributed by atoms with Gasteiger partial charge in [0.2, 0.25) is 0 Å². The fraction of sp³-hybridized carbons (Fsp3) is 0.667. The third kappa shape index (κ3) is 4.80. The van der Waals surface area contributed by atoms with E-state index in [4.69, 9.17) is 5.84 Å². The van der Waals surface area contributed by atoms with Crippen LogP contribution >= 0.6 is 0 Å². The molecule has 0 saturated heterocycles. The molecule has 0 spiro atoms. The molecule has 0 bridgehead atoms. The van der Waals surface area contributed by atoms with Crippen LogP contribution in [0.4, 0.5) is 5.69 Å². The molecule has 1 heterocycles. The topological polar surface area (TPSA) is 50.1 Å². The lowest BCUT2D eigenvalue weighted by Crippen LogP contribution is -2.42. The van der Waals surface area contributed by atoms with Crippen LogP contribution in [-0.2, 0) is 0 Å². The Morgan fingerprint density at radius 2 is 1.76 bits per heavy atom. The van der Waals surface area contributed by atoms with Crippen molar-refractivity contribution in [2.75, 3.05) is 27.2 Å². The van der Waals surface area contributed by atoms with E-state index in [1.807, 2.05) is 0 Å². The fourth-order valence-electron chi connectivity index (χ4n) is 7.06. The lowest BCUT2D eigenvalue weighted by Gasteiger charge is -2.33. The summed E-state index contributed by atoms with van der Waals surface area (Å²) in [6.07, 6.45) is 13.6. The predicted octanol–water partition coefficient (Wildman–Crippen LogP) is 6.44. The Kier molecular flexibility index (Phi) is 8.35. The van der Waals surface area contributed by atoms with E-state index >= 15 is 0 Å². The van der Waals surface area contributed by atoms with Gasteiger partial charge in [0.25, 0.3) is 0 Å². The molecule has 34 heavy (non-hydrogen) atoms. The lowest BCUT2D eigenvalue weighted by atomic mass is 9.81. The van der Waals surface area contributed by atoms with Gasteiger partial charge in [-0.15, -0.1) is 0 Å². The standard InChI is InChI=1S/C30H49N4/c1-6-9-23-13-12-22(20-33-31)10-8-11-25(23)27-19-30-28(18-21(27)3)26-16-14-24(32-4)15-17-29(26)34(30,5)7-2/h18-19,22,24,32-33H,6-17,20,31H2,1-5H3/q+1/t22?,24-,34?/m0/s1. The highest BCUT2D eigenvalue weighted by molar-refractivity contribution is 5.89. The molecule has 4 heteroatoms. The molecular weight excluding hydrogens is 416 g/mol. The van der Waals surface area contributed by atoms with Crippen molar-refractivity contribution in [1.82, 2.24) is 15.2 Å². The van der Waals surface area contributed by atoms with Crippen LogP contribution in [0.2, 0.25) is 0 Å². The summed E-state index contributed by atoms with van der Waals surface area (Å²) in [7, 11) is 4.61. The van der Waals surface area contributed by atoms with Crippen molar-refractivity contribution < 1.29 is 0 Å². The average molecular weight is 466 g/mol. The molecule has 0 saturated carbocycles. The zero-order valence-corrected chi connectivity index (χ0v) is 22.5. The van der Waals surface area contributed by atoms with Crippen LogP contribution in [0.5, 0.6) is 0 Å². The highest BCUT2D eigenvalue weighted by atomic mass is 15.4. The molecule has 2 aliphatic carbocycles. The van der Waals surface area contributed by atoms with Gasteiger partial charge in [0, 0.05) is 36.2 Å². The van der Waals surface area contributed by atoms with Crippen LogP contribution in [0, 0.1) is 12.8 Å².